The number of alkyl halides is 3. The summed E-state index contributed by atoms with van der Waals surface area (Å²) in [7, 11) is -3.82. The van der Waals surface area contributed by atoms with Gasteiger partial charge in [0.2, 0.25) is 10.0 Å². The third kappa shape index (κ3) is 6.14. The Morgan fingerprint density at radius 1 is 0.848 bits per heavy atom. The Balaban J connectivity index is 1.60. The minimum Gasteiger partial charge on any atom is -0.478 e. The second kappa shape index (κ2) is 9.18. The SMILES string of the molecule is CC(C)(Oc1ccc(OC(F)(F)F)cc1)C(=O)N1CCN(S(=O)(=O)c2ccc(F)cc2)CC1. The number of hydrogen-bond acceptors (Lipinski definition) is 5. The van der Waals surface area contributed by atoms with Crippen molar-refractivity contribution < 1.29 is 40.2 Å². The van der Waals surface area contributed by atoms with E-state index in [9.17, 15) is 30.8 Å². The number of nitrogens with zero attached hydrogens (tertiary/aromatic N) is 2. The van der Waals surface area contributed by atoms with Gasteiger partial charge in [-0.25, -0.2) is 12.8 Å². The molecule has 0 saturated carbocycles. The van der Waals surface area contributed by atoms with E-state index in [4.69, 9.17) is 4.74 Å². The number of sulfonamides is 1. The van der Waals surface area contributed by atoms with E-state index in [1.807, 2.05) is 0 Å². The second-order valence-electron chi connectivity index (χ2n) is 7.78. The molecule has 0 aliphatic carbocycles. The molecule has 0 spiro atoms. The summed E-state index contributed by atoms with van der Waals surface area (Å²) in [4.78, 5) is 14.4. The van der Waals surface area contributed by atoms with E-state index in [0.29, 0.717) is 0 Å². The van der Waals surface area contributed by atoms with E-state index in [-0.39, 0.29) is 36.8 Å². The zero-order valence-electron chi connectivity index (χ0n) is 17.8. The lowest BCUT2D eigenvalue weighted by Crippen LogP contribution is -2.56. The molecule has 0 aromatic heterocycles. The average Bonchev–Trinajstić information content (AvgIpc) is 2.74. The maximum atomic E-state index is 13.1. The zero-order valence-corrected chi connectivity index (χ0v) is 18.6. The van der Waals surface area contributed by atoms with E-state index in [1.165, 1.54) is 47.3 Å². The number of halogens is 4. The van der Waals surface area contributed by atoms with Crippen LogP contribution in [0, 0.1) is 5.82 Å². The summed E-state index contributed by atoms with van der Waals surface area (Å²) in [6.07, 6.45) is -4.82. The van der Waals surface area contributed by atoms with Crippen LogP contribution in [0.5, 0.6) is 11.5 Å². The highest BCUT2D eigenvalue weighted by Crippen LogP contribution is 2.27. The van der Waals surface area contributed by atoms with Crippen LogP contribution < -0.4 is 9.47 Å². The third-order valence-electron chi connectivity index (χ3n) is 4.92. The van der Waals surface area contributed by atoms with Crippen molar-refractivity contribution in [3.05, 3.63) is 54.3 Å². The molecule has 1 heterocycles. The maximum Gasteiger partial charge on any atom is 0.573 e. The molecule has 1 fully saturated rings. The number of carbonyl (C=O) groups is 1. The van der Waals surface area contributed by atoms with Gasteiger partial charge in [0.15, 0.2) is 5.60 Å². The number of piperazine rings is 1. The fourth-order valence-corrected chi connectivity index (χ4v) is 4.74. The Morgan fingerprint density at radius 2 is 1.33 bits per heavy atom. The predicted octanol–water partition coefficient (Wildman–Crippen LogP) is 3.41. The Bertz CT molecular complexity index is 1080. The monoisotopic (exact) mass is 490 g/mol. The van der Waals surface area contributed by atoms with Gasteiger partial charge in [-0.2, -0.15) is 4.31 Å². The van der Waals surface area contributed by atoms with E-state index >= 15 is 0 Å². The van der Waals surface area contributed by atoms with Crippen molar-refractivity contribution in [3.8, 4) is 11.5 Å². The molecule has 1 amide bonds. The molecule has 1 saturated heterocycles. The number of carbonyl (C=O) groups excluding carboxylic acids is 1. The van der Waals surface area contributed by atoms with Gasteiger partial charge >= 0.3 is 6.36 Å². The Hall–Kier alpha value is -2.86. The van der Waals surface area contributed by atoms with Gasteiger partial charge in [-0.15, -0.1) is 13.2 Å². The summed E-state index contributed by atoms with van der Waals surface area (Å²) in [5, 5.41) is 0. The summed E-state index contributed by atoms with van der Waals surface area (Å²) in [5.41, 5.74) is -1.36. The van der Waals surface area contributed by atoms with Crippen molar-refractivity contribution in [3.63, 3.8) is 0 Å². The molecule has 0 atom stereocenters. The lowest BCUT2D eigenvalue weighted by Gasteiger charge is -2.38. The first-order valence-electron chi connectivity index (χ1n) is 9.88. The lowest BCUT2D eigenvalue weighted by molar-refractivity contribution is -0.274. The maximum absolute atomic E-state index is 13.1. The minimum absolute atomic E-state index is 0.0368. The first kappa shape index (κ1) is 24.8. The number of rotatable bonds is 6. The molecule has 0 N–H and O–H groups in total. The zero-order chi connectivity index (χ0) is 24.4. The topological polar surface area (TPSA) is 76.2 Å². The van der Waals surface area contributed by atoms with Gasteiger partial charge in [-0.1, -0.05) is 0 Å². The fourth-order valence-electron chi connectivity index (χ4n) is 3.32. The predicted molar refractivity (Wildman–Crippen MR) is 110 cm³/mol. The molecule has 1 aliphatic heterocycles. The molecule has 1 aliphatic rings. The van der Waals surface area contributed by atoms with Crippen LogP contribution in [-0.4, -0.2) is 61.7 Å². The average molecular weight is 490 g/mol. The molecule has 33 heavy (non-hydrogen) atoms. The second-order valence-corrected chi connectivity index (χ2v) is 9.72. The molecular weight excluding hydrogens is 468 g/mol. The number of hydrogen-bond donors (Lipinski definition) is 0. The molecule has 3 rings (SSSR count). The summed E-state index contributed by atoms with van der Waals surface area (Å²) in [6.45, 7) is 3.35. The highest BCUT2D eigenvalue weighted by Gasteiger charge is 2.38. The Labute approximate surface area is 188 Å². The quantitative estimate of drug-likeness (QED) is 0.581. The van der Waals surface area contributed by atoms with E-state index in [2.05, 4.69) is 4.74 Å². The lowest BCUT2D eigenvalue weighted by atomic mass is 10.1. The van der Waals surface area contributed by atoms with Crippen molar-refractivity contribution in [2.24, 2.45) is 0 Å². The summed E-state index contributed by atoms with van der Waals surface area (Å²) in [5.74, 6) is -1.20. The van der Waals surface area contributed by atoms with Crippen LogP contribution in [-0.2, 0) is 14.8 Å². The van der Waals surface area contributed by atoms with E-state index in [0.717, 1.165) is 24.3 Å². The Kier molecular flexibility index (Phi) is 6.89. The van der Waals surface area contributed by atoms with Crippen LogP contribution in [0.25, 0.3) is 0 Å². The van der Waals surface area contributed by atoms with E-state index in [1.54, 1.807) is 0 Å². The van der Waals surface area contributed by atoms with Crippen LogP contribution in [0.15, 0.2) is 53.4 Å². The minimum atomic E-state index is -4.82. The molecule has 12 heteroatoms. The van der Waals surface area contributed by atoms with Crippen LogP contribution in [0.1, 0.15) is 13.8 Å². The van der Waals surface area contributed by atoms with Crippen molar-refractivity contribution in [2.45, 2.75) is 30.7 Å². The van der Waals surface area contributed by atoms with Crippen LogP contribution in [0.3, 0.4) is 0 Å². The highest BCUT2D eigenvalue weighted by atomic mass is 32.2. The van der Waals surface area contributed by atoms with Gasteiger partial charge in [0.25, 0.3) is 5.91 Å². The summed E-state index contributed by atoms with van der Waals surface area (Å²) >= 11 is 0. The van der Waals surface area contributed by atoms with Crippen LogP contribution >= 0.6 is 0 Å². The van der Waals surface area contributed by atoms with Gasteiger partial charge in [0.05, 0.1) is 4.90 Å². The van der Waals surface area contributed by atoms with Crippen molar-refractivity contribution >= 4 is 15.9 Å². The van der Waals surface area contributed by atoms with Crippen LogP contribution in [0.4, 0.5) is 17.6 Å². The Morgan fingerprint density at radius 3 is 1.82 bits per heavy atom. The molecule has 7 nitrogen and oxygen atoms in total. The van der Waals surface area contributed by atoms with Crippen LogP contribution in [0.2, 0.25) is 0 Å². The van der Waals surface area contributed by atoms with Gasteiger partial charge in [-0.3, -0.25) is 4.79 Å². The third-order valence-corrected chi connectivity index (χ3v) is 6.84. The molecule has 2 aromatic rings. The van der Waals surface area contributed by atoms with Crippen molar-refractivity contribution in [2.75, 3.05) is 26.2 Å². The molecule has 180 valence electrons. The summed E-state index contributed by atoms with van der Waals surface area (Å²) < 4.78 is 86.1. The molecule has 0 radical (unpaired) electrons. The van der Waals surface area contributed by atoms with Gasteiger partial charge in [-0.05, 0) is 62.4 Å². The molecule has 2 aromatic carbocycles. The molecule has 0 bridgehead atoms. The first-order chi connectivity index (χ1) is 15.3. The van der Waals surface area contributed by atoms with Gasteiger partial charge < -0.3 is 14.4 Å². The largest absolute Gasteiger partial charge is 0.573 e. The van der Waals surface area contributed by atoms with Crippen molar-refractivity contribution in [1.29, 1.82) is 0 Å². The number of ether oxygens (including phenoxy) is 2. The van der Waals surface area contributed by atoms with E-state index < -0.39 is 39.5 Å². The highest BCUT2D eigenvalue weighted by molar-refractivity contribution is 7.89. The number of benzene rings is 2. The fraction of sp³-hybridized carbons (Fsp3) is 0.381. The first-order valence-corrected chi connectivity index (χ1v) is 11.3. The smallest absolute Gasteiger partial charge is 0.478 e. The van der Waals surface area contributed by atoms with Crippen molar-refractivity contribution in [1.82, 2.24) is 9.21 Å². The van der Waals surface area contributed by atoms with Gasteiger partial charge in [0.1, 0.15) is 17.3 Å². The summed E-state index contributed by atoms with van der Waals surface area (Å²) in [6, 6.07) is 9.15. The molecular formula is C21H22F4N2O5S. The van der Waals surface area contributed by atoms with Gasteiger partial charge in [0, 0.05) is 26.2 Å². The standard InChI is InChI=1S/C21H22F4N2O5S/c1-20(2,31-16-5-7-17(8-6-16)32-21(23,24)25)19(28)26-11-13-27(14-12-26)33(29,30)18-9-3-15(22)4-10-18/h3-10H,11-14H2,1-2H3. The number of amides is 1. The molecule has 0 unspecified atom stereocenters. The normalized spacial score (nSPS) is 15.9.